The van der Waals surface area contributed by atoms with E-state index in [0.29, 0.717) is 25.1 Å². The van der Waals surface area contributed by atoms with Gasteiger partial charge in [0.25, 0.3) is 0 Å². The number of benzene rings is 1. The highest BCUT2D eigenvalue weighted by molar-refractivity contribution is 5.96. The van der Waals surface area contributed by atoms with Crippen molar-refractivity contribution in [1.29, 1.82) is 0 Å². The molecule has 2 unspecified atom stereocenters. The van der Waals surface area contributed by atoms with Crippen molar-refractivity contribution in [3.63, 3.8) is 0 Å². The zero-order valence-corrected chi connectivity index (χ0v) is 14.2. The number of ether oxygens (including phenoxy) is 1. The van der Waals surface area contributed by atoms with E-state index in [4.69, 9.17) is 4.74 Å². The van der Waals surface area contributed by atoms with Crippen LogP contribution < -0.4 is 0 Å². The van der Waals surface area contributed by atoms with E-state index in [1.54, 1.807) is 12.1 Å². The van der Waals surface area contributed by atoms with Crippen LogP contribution in [0.2, 0.25) is 0 Å². The largest absolute Gasteiger partial charge is 0.392 e. The Labute approximate surface area is 142 Å². The van der Waals surface area contributed by atoms with Gasteiger partial charge < -0.3 is 14.7 Å². The maximum Gasteiger partial charge on any atom is 0.164 e. The molecule has 1 aliphatic heterocycles. The highest BCUT2D eigenvalue weighted by atomic mass is 19.1. The van der Waals surface area contributed by atoms with Crippen LogP contribution in [0.1, 0.15) is 43.0 Å². The van der Waals surface area contributed by atoms with E-state index < -0.39 is 0 Å². The summed E-state index contributed by atoms with van der Waals surface area (Å²) >= 11 is 0. The molecule has 1 spiro atoms. The number of rotatable bonds is 6. The number of ketones is 1. The Hall–Kier alpha value is -1.30. The molecule has 1 aliphatic carbocycles. The maximum atomic E-state index is 12.9. The lowest BCUT2D eigenvalue weighted by atomic mass is 9.58. The molecule has 2 atom stereocenters. The minimum Gasteiger partial charge on any atom is -0.392 e. The fourth-order valence-corrected chi connectivity index (χ4v) is 4.05. The zero-order valence-electron chi connectivity index (χ0n) is 14.2. The number of piperidine rings is 1. The van der Waals surface area contributed by atoms with Gasteiger partial charge in [-0.3, -0.25) is 4.79 Å². The fraction of sp³-hybridized carbons (Fsp3) is 0.632. The summed E-state index contributed by atoms with van der Waals surface area (Å²) in [5, 5.41) is 10.2. The smallest absolute Gasteiger partial charge is 0.164 e. The Morgan fingerprint density at radius 3 is 2.58 bits per heavy atom. The summed E-state index contributed by atoms with van der Waals surface area (Å²) in [6.45, 7) is 5.17. The molecule has 2 aliphatic rings. The van der Waals surface area contributed by atoms with Crippen molar-refractivity contribution in [1.82, 2.24) is 4.90 Å². The summed E-state index contributed by atoms with van der Waals surface area (Å²) in [6.07, 6.45) is 2.96. The number of carbonyl (C=O) groups is 1. The predicted molar refractivity (Wildman–Crippen MR) is 89.5 cm³/mol. The number of carbonyl (C=O) groups excluding carboxylic acids is 1. The van der Waals surface area contributed by atoms with E-state index >= 15 is 0 Å². The molecule has 3 rings (SSSR count). The molecule has 2 fully saturated rings. The fourth-order valence-electron chi connectivity index (χ4n) is 4.05. The summed E-state index contributed by atoms with van der Waals surface area (Å²) < 4.78 is 18.7. The first-order valence-electron chi connectivity index (χ1n) is 8.86. The Bertz CT molecular complexity index is 564. The summed E-state index contributed by atoms with van der Waals surface area (Å²) in [7, 11) is 0. The Kier molecular flexibility index (Phi) is 5.33. The van der Waals surface area contributed by atoms with Crippen LogP contribution in [0.25, 0.3) is 0 Å². The van der Waals surface area contributed by atoms with Gasteiger partial charge in [0.05, 0.1) is 12.2 Å². The lowest BCUT2D eigenvalue weighted by Gasteiger charge is -2.56. The number of halogens is 1. The first-order chi connectivity index (χ1) is 11.5. The number of hydrogen-bond donors (Lipinski definition) is 1. The molecule has 0 bridgehead atoms. The van der Waals surface area contributed by atoms with Gasteiger partial charge >= 0.3 is 0 Å². The number of Topliss-reactive ketones (excluding diaryl/α,β-unsaturated/α-hetero) is 1. The number of nitrogens with zero attached hydrogens (tertiary/aromatic N) is 1. The van der Waals surface area contributed by atoms with Crippen molar-refractivity contribution in [2.24, 2.45) is 5.41 Å². The number of aliphatic hydroxyl groups is 1. The third kappa shape index (κ3) is 3.39. The quantitative estimate of drug-likeness (QED) is 0.812. The molecular weight excluding hydrogens is 309 g/mol. The summed E-state index contributed by atoms with van der Waals surface area (Å²) in [6, 6.07) is 5.73. The van der Waals surface area contributed by atoms with Gasteiger partial charge in [-0.05, 0) is 57.1 Å². The normalized spacial score (nSPS) is 26.3. The molecule has 1 aromatic rings. The van der Waals surface area contributed by atoms with Crippen molar-refractivity contribution < 1.29 is 19.0 Å². The van der Waals surface area contributed by atoms with E-state index in [2.05, 4.69) is 4.90 Å². The van der Waals surface area contributed by atoms with Gasteiger partial charge in [-0.15, -0.1) is 0 Å². The molecule has 0 radical (unpaired) electrons. The van der Waals surface area contributed by atoms with Crippen LogP contribution in [0.3, 0.4) is 0 Å². The minimum atomic E-state index is -0.323. The molecule has 5 heteroatoms. The Morgan fingerprint density at radius 2 is 2.00 bits per heavy atom. The van der Waals surface area contributed by atoms with Gasteiger partial charge in [0.15, 0.2) is 5.78 Å². The first kappa shape index (κ1) is 17.5. The van der Waals surface area contributed by atoms with E-state index in [-0.39, 0.29) is 29.2 Å². The molecule has 1 saturated carbocycles. The minimum absolute atomic E-state index is 0.0474. The lowest BCUT2D eigenvalue weighted by Crippen LogP contribution is -2.62. The van der Waals surface area contributed by atoms with E-state index in [9.17, 15) is 14.3 Å². The van der Waals surface area contributed by atoms with Crippen molar-refractivity contribution in [2.75, 3.05) is 26.2 Å². The standard InChI is InChI=1S/C19H26FNO3/c1-2-24-18-13-17(23)19(18)8-11-21(12-9-19)10-7-16(22)14-3-5-15(20)6-4-14/h3-6,17-18,23H,2,7-13H2,1H3. The van der Waals surface area contributed by atoms with Crippen molar-refractivity contribution in [3.8, 4) is 0 Å². The van der Waals surface area contributed by atoms with Gasteiger partial charge in [-0.1, -0.05) is 0 Å². The average Bonchev–Trinajstić information content (AvgIpc) is 2.60. The van der Waals surface area contributed by atoms with Crippen molar-refractivity contribution in [2.45, 2.75) is 44.8 Å². The average molecular weight is 335 g/mol. The second kappa shape index (κ2) is 7.30. The first-order valence-corrected chi connectivity index (χ1v) is 8.86. The zero-order chi connectivity index (χ0) is 17.2. The van der Waals surface area contributed by atoms with Gasteiger partial charge in [0.1, 0.15) is 5.82 Å². The van der Waals surface area contributed by atoms with Gasteiger partial charge in [0.2, 0.25) is 0 Å². The van der Waals surface area contributed by atoms with E-state index in [1.807, 2.05) is 6.92 Å². The molecule has 132 valence electrons. The Balaban J connectivity index is 1.47. The molecular formula is C19H26FNO3. The van der Waals surface area contributed by atoms with Crippen LogP contribution in [-0.4, -0.2) is 54.2 Å². The molecule has 1 N–H and O–H groups in total. The topological polar surface area (TPSA) is 49.8 Å². The Morgan fingerprint density at radius 1 is 1.33 bits per heavy atom. The van der Waals surface area contributed by atoms with Crippen LogP contribution in [0.15, 0.2) is 24.3 Å². The van der Waals surface area contributed by atoms with Crippen LogP contribution in [0.5, 0.6) is 0 Å². The highest BCUT2D eigenvalue weighted by Gasteiger charge is 2.55. The van der Waals surface area contributed by atoms with Crippen LogP contribution in [0, 0.1) is 11.2 Å². The summed E-state index contributed by atoms with van der Waals surface area (Å²) in [5.41, 5.74) is 0.490. The van der Waals surface area contributed by atoms with Gasteiger partial charge in [-0.2, -0.15) is 0 Å². The van der Waals surface area contributed by atoms with Crippen molar-refractivity contribution >= 4 is 5.78 Å². The van der Waals surface area contributed by atoms with Crippen LogP contribution >= 0.6 is 0 Å². The molecule has 4 nitrogen and oxygen atoms in total. The van der Waals surface area contributed by atoms with Crippen LogP contribution in [-0.2, 0) is 4.74 Å². The van der Waals surface area contributed by atoms with E-state index in [0.717, 1.165) is 32.4 Å². The molecule has 24 heavy (non-hydrogen) atoms. The third-order valence-electron chi connectivity index (χ3n) is 5.72. The monoisotopic (exact) mass is 335 g/mol. The molecule has 1 aromatic carbocycles. The molecule has 1 heterocycles. The highest BCUT2D eigenvalue weighted by Crippen LogP contribution is 2.50. The number of hydrogen-bond acceptors (Lipinski definition) is 4. The van der Waals surface area contributed by atoms with E-state index in [1.165, 1.54) is 12.1 Å². The summed E-state index contributed by atoms with van der Waals surface area (Å²) in [4.78, 5) is 14.5. The van der Waals surface area contributed by atoms with Gasteiger partial charge in [-0.25, -0.2) is 4.39 Å². The van der Waals surface area contributed by atoms with Gasteiger partial charge in [0, 0.05) is 37.0 Å². The lowest BCUT2D eigenvalue weighted by molar-refractivity contribution is -0.209. The van der Waals surface area contributed by atoms with Crippen LogP contribution in [0.4, 0.5) is 4.39 Å². The second-order valence-electron chi connectivity index (χ2n) is 6.95. The SMILES string of the molecule is CCOC1CC(O)C12CCN(CCC(=O)c1ccc(F)cc1)CC2. The molecule has 1 saturated heterocycles. The molecule has 0 aromatic heterocycles. The summed E-state index contributed by atoms with van der Waals surface area (Å²) in [5.74, 6) is -0.276. The maximum absolute atomic E-state index is 12.9. The molecule has 0 amide bonds. The third-order valence-corrected chi connectivity index (χ3v) is 5.72. The second-order valence-corrected chi connectivity index (χ2v) is 6.95. The number of aliphatic hydroxyl groups excluding tert-OH is 1. The number of likely N-dealkylation sites (tertiary alicyclic amines) is 1. The van der Waals surface area contributed by atoms with Crippen molar-refractivity contribution in [3.05, 3.63) is 35.6 Å². The predicted octanol–water partition coefficient (Wildman–Crippen LogP) is 2.65.